The maximum Gasteiger partial charge on any atom is 0.248 e. The summed E-state index contributed by atoms with van der Waals surface area (Å²) in [5.41, 5.74) is -0.443. The van der Waals surface area contributed by atoms with E-state index in [2.05, 4.69) is 19.2 Å². The zero-order chi connectivity index (χ0) is 28.7. The summed E-state index contributed by atoms with van der Waals surface area (Å²) in [5, 5.41) is 3.08. The molecule has 0 aromatic rings. The first-order valence-corrected chi connectivity index (χ1v) is 15.3. The topological polar surface area (TPSA) is 108 Å². The molecule has 5 rings (SSSR count). The molecular formula is C30H48N4O6. The number of likely N-dealkylation sites (tertiary alicyclic amines) is 2. The zero-order valence-electron chi connectivity index (χ0n) is 24.8. The number of amides is 4. The molecule has 5 aliphatic rings. The summed E-state index contributed by atoms with van der Waals surface area (Å²) in [6.45, 7) is 11.8. The molecule has 1 N–H and O–H groups in total. The lowest BCUT2D eigenvalue weighted by Crippen LogP contribution is -2.65. The molecule has 3 aliphatic heterocycles. The molecule has 1 spiro atoms. The number of carbonyl (C=O) groups excluding carboxylic acids is 4. The predicted molar refractivity (Wildman–Crippen MR) is 148 cm³/mol. The number of carbonyl (C=O) groups is 4. The summed E-state index contributed by atoms with van der Waals surface area (Å²) < 4.78 is 11.7. The molecule has 0 unspecified atom stereocenters. The zero-order valence-corrected chi connectivity index (χ0v) is 24.8. The molecule has 10 nitrogen and oxygen atoms in total. The first kappa shape index (κ1) is 29.3. The number of ether oxygens (including phenoxy) is 2. The van der Waals surface area contributed by atoms with E-state index in [0.717, 1.165) is 19.3 Å². The highest BCUT2D eigenvalue weighted by molar-refractivity contribution is 5.91. The minimum atomic E-state index is -0.817. The van der Waals surface area contributed by atoms with Crippen molar-refractivity contribution in [2.24, 2.45) is 28.6 Å². The van der Waals surface area contributed by atoms with Crippen LogP contribution >= 0.6 is 0 Å². The smallest absolute Gasteiger partial charge is 0.248 e. The summed E-state index contributed by atoms with van der Waals surface area (Å²) in [6, 6.07) is -0.817. The third-order valence-corrected chi connectivity index (χ3v) is 10.2. The van der Waals surface area contributed by atoms with E-state index < -0.39 is 23.5 Å². The van der Waals surface area contributed by atoms with E-state index in [1.165, 1.54) is 26.2 Å². The van der Waals surface area contributed by atoms with Crippen LogP contribution in [0.1, 0.15) is 66.2 Å². The lowest BCUT2D eigenvalue weighted by Gasteiger charge is -2.50. The van der Waals surface area contributed by atoms with Crippen molar-refractivity contribution in [3.05, 3.63) is 0 Å². The third kappa shape index (κ3) is 6.03. The van der Waals surface area contributed by atoms with E-state index in [9.17, 15) is 19.2 Å². The van der Waals surface area contributed by atoms with Gasteiger partial charge < -0.3 is 29.5 Å². The van der Waals surface area contributed by atoms with Gasteiger partial charge >= 0.3 is 0 Å². The Morgan fingerprint density at radius 1 is 0.950 bits per heavy atom. The summed E-state index contributed by atoms with van der Waals surface area (Å²) >= 11 is 0. The van der Waals surface area contributed by atoms with E-state index in [1.807, 2.05) is 11.8 Å². The van der Waals surface area contributed by atoms with Crippen molar-refractivity contribution in [3.63, 3.8) is 0 Å². The Morgan fingerprint density at radius 2 is 1.57 bits per heavy atom. The average Bonchev–Trinajstić information content (AvgIpc) is 3.37. The largest absolute Gasteiger partial charge is 0.378 e. The predicted octanol–water partition coefficient (Wildman–Crippen LogP) is 1.67. The van der Waals surface area contributed by atoms with Gasteiger partial charge in [0.2, 0.25) is 23.6 Å². The SMILES string of the molecule is CC(=O)N1C[C@@H](C(=O)N[C@H](C(=O)N2CCOCC2)[C@@H](C)OCC2CCCCC2)C2(C1)CN(C(=O)[C@H]1CC1(C)C)C2. The van der Waals surface area contributed by atoms with Crippen molar-refractivity contribution < 1.29 is 28.7 Å². The molecule has 4 amide bonds. The van der Waals surface area contributed by atoms with E-state index in [0.29, 0.717) is 65.0 Å². The van der Waals surface area contributed by atoms with Gasteiger partial charge in [0.15, 0.2) is 0 Å². The van der Waals surface area contributed by atoms with Crippen LogP contribution in [-0.4, -0.2) is 110 Å². The van der Waals surface area contributed by atoms with Crippen LogP contribution in [0.4, 0.5) is 0 Å². The van der Waals surface area contributed by atoms with Crippen LogP contribution in [-0.2, 0) is 28.7 Å². The van der Waals surface area contributed by atoms with Crippen LogP contribution in [0.3, 0.4) is 0 Å². The molecule has 3 saturated heterocycles. The Kier molecular flexibility index (Phi) is 8.49. The molecule has 40 heavy (non-hydrogen) atoms. The molecular weight excluding hydrogens is 512 g/mol. The van der Waals surface area contributed by atoms with Gasteiger partial charge in [-0.25, -0.2) is 0 Å². The highest BCUT2D eigenvalue weighted by Crippen LogP contribution is 2.54. The van der Waals surface area contributed by atoms with Crippen molar-refractivity contribution in [2.75, 3.05) is 59.1 Å². The second-order valence-electron chi connectivity index (χ2n) is 13.7. The fourth-order valence-electron chi connectivity index (χ4n) is 7.22. The average molecular weight is 561 g/mol. The first-order valence-electron chi connectivity index (χ1n) is 15.3. The molecule has 2 aliphatic carbocycles. The van der Waals surface area contributed by atoms with Crippen molar-refractivity contribution >= 4 is 23.6 Å². The molecule has 5 fully saturated rings. The van der Waals surface area contributed by atoms with Crippen molar-refractivity contribution in [2.45, 2.75) is 78.4 Å². The van der Waals surface area contributed by atoms with Gasteiger partial charge in [-0.15, -0.1) is 0 Å². The number of nitrogens with zero attached hydrogens (tertiary/aromatic N) is 3. The quantitative estimate of drug-likeness (QED) is 0.484. The summed E-state index contributed by atoms with van der Waals surface area (Å²) in [4.78, 5) is 58.4. The normalized spacial score (nSPS) is 29.1. The Labute approximate surface area is 238 Å². The fourth-order valence-corrected chi connectivity index (χ4v) is 7.22. The van der Waals surface area contributed by atoms with Gasteiger partial charge in [-0.3, -0.25) is 19.2 Å². The van der Waals surface area contributed by atoms with E-state index >= 15 is 0 Å². The summed E-state index contributed by atoms with van der Waals surface area (Å²) in [6.07, 6.45) is 6.37. The molecule has 0 bridgehead atoms. The van der Waals surface area contributed by atoms with E-state index in [-0.39, 0.29) is 35.0 Å². The van der Waals surface area contributed by atoms with Gasteiger partial charge in [-0.05, 0) is 37.5 Å². The van der Waals surface area contributed by atoms with Crippen molar-refractivity contribution in [1.29, 1.82) is 0 Å². The second-order valence-corrected chi connectivity index (χ2v) is 13.7. The molecule has 10 heteroatoms. The minimum Gasteiger partial charge on any atom is -0.378 e. The Bertz CT molecular complexity index is 983. The Morgan fingerprint density at radius 3 is 2.17 bits per heavy atom. The van der Waals surface area contributed by atoms with Gasteiger partial charge in [0.1, 0.15) is 6.04 Å². The van der Waals surface area contributed by atoms with Gasteiger partial charge in [0, 0.05) is 64.1 Å². The molecule has 224 valence electrons. The summed E-state index contributed by atoms with van der Waals surface area (Å²) in [7, 11) is 0. The van der Waals surface area contributed by atoms with Gasteiger partial charge in [0.25, 0.3) is 0 Å². The van der Waals surface area contributed by atoms with Crippen LogP contribution in [0, 0.1) is 28.6 Å². The van der Waals surface area contributed by atoms with E-state index in [4.69, 9.17) is 9.47 Å². The van der Waals surface area contributed by atoms with Crippen LogP contribution in [0.25, 0.3) is 0 Å². The van der Waals surface area contributed by atoms with E-state index in [1.54, 1.807) is 9.80 Å². The minimum absolute atomic E-state index is 0.0402. The van der Waals surface area contributed by atoms with Gasteiger partial charge in [0.05, 0.1) is 25.2 Å². The standard InChI is InChI=1S/C30H48N4O6/c1-20(40-16-22-8-6-5-7-9-22)25(28(38)32-10-12-39-13-11-32)31-26(36)24-15-33(21(2)35)17-30(24)18-34(19-30)27(37)23-14-29(23,3)4/h20,22-25H,5-19H2,1-4H3,(H,31,36)/t20-,23-,24+,25+/m1/s1. The Balaban J connectivity index is 1.28. The number of nitrogens with one attached hydrogen (secondary N) is 1. The summed E-state index contributed by atoms with van der Waals surface area (Å²) in [5.74, 6) is -0.262. The number of hydrogen-bond acceptors (Lipinski definition) is 6. The molecule has 3 heterocycles. The molecule has 0 aromatic carbocycles. The van der Waals surface area contributed by atoms with Crippen molar-refractivity contribution in [3.8, 4) is 0 Å². The molecule has 2 saturated carbocycles. The highest BCUT2D eigenvalue weighted by Gasteiger charge is 2.61. The lowest BCUT2D eigenvalue weighted by molar-refractivity contribution is -0.153. The molecule has 0 radical (unpaired) electrons. The van der Waals surface area contributed by atoms with Crippen LogP contribution in [0.15, 0.2) is 0 Å². The fraction of sp³-hybridized carbons (Fsp3) is 0.867. The van der Waals surface area contributed by atoms with Gasteiger partial charge in [-0.2, -0.15) is 0 Å². The third-order valence-electron chi connectivity index (χ3n) is 10.2. The number of hydrogen-bond donors (Lipinski definition) is 1. The monoisotopic (exact) mass is 560 g/mol. The van der Waals surface area contributed by atoms with Gasteiger partial charge in [-0.1, -0.05) is 33.1 Å². The van der Waals surface area contributed by atoms with Crippen LogP contribution in [0.5, 0.6) is 0 Å². The maximum absolute atomic E-state index is 14.0. The molecule has 4 atom stereocenters. The molecule has 0 aromatic heterocycles. The second kappa shape index (κ2) is 11.6. The highest BCUT2D eigenvalue weighted by atomic mass is 16.5. The Hall–Kier alpha value is -2.20. The number of rotatable bonds is 8. The lowest BCUT2D eigenvalue weighted by atomic mass is 9.70. The number of morpholine rings is 1. The van der Waals surface area contributed by atoms with Crippen LogP contribution < -0.4 is 5.32 Å². The first-order chi connectivity index (χ1) is 19.0. The maximum atomic E-state index is 14.0. The van der Waals surface area contributed by atoms with Crippen LogP contribution in [0.2, 0.25) is 0 Å². The van der Waals surface area contributed by atoms with Crippen molar-refractivity contribution in [1.82, 2.24) is 20.0 Å².